The number of rotatable bonds is 28. The molecule has 2 saturated heterocycles. The Labute approximate surface area is 305 Å². The van der Waals surface area contributed by atoms with Crippen molar-refractivity contribution < 1.29 is 111 Å². The second-order valence-corrected chi connectivity index (χ2v) is 14.8. The highest BCUT2D eigenvalue weighted by molar-refractivity contribution is 7.47. The largest absolute Gasteiger partial charge is 0.472 e. The lowest BCUT2D eigenvalue weighted by atomic mass is 10.1. The van der Waals surface area contributed by atoms with E-state index in [0.717, 1.165) is 7.11 Å². The highest BCUT2D eigenvalue weighted by Crippen LogP contribution is 2.49. The molecule has 53 heavy (non-hydrogen) atoms. The first kappa shape index (κ1) is 48.7. The summed E-state index contributed by atoms with van der Waals surface area (Å²) in [7, 11) is -7.49. The highest BCUT2D eigenvalue weighted by atomic mass is 31.2. The summed E-state index contributed by atoms with van der Waals surface area (Å²) >= 11 is 0. The number of aliphatic hydroxyl groups excluding tert-OH is 9. The molecule has 24 nitrogen and oxygen atoms in total. The number of ether oxygens (including phenoxy) is 6. The summed E-state index contributed by atoms with van der Waals surface area (Å²) in [5.41, 5.74) is 5.41. The predicted molar refractivity (Wildman–Crippen MR) is 172 cm³/mol. The van der Waals surface area contributed by atoms with Gasteiger partial charge in [0.2, 0.25) is 0 Å². The first-order chi connectivity index (χ1) is 25.0. The average Bonchev–Trinajstić information content (AvgIpc) is 3.64. The van der Waals surface area contributed by atoms with E-state index in [-0.39, 0.29) is 6.61 Å². The van der Waals surface area contributed by atoms with E-state index in [9.17, 15) is 59.8 Å². The number of aliphatic hydroxyl groups is 9. The Balaban J connectivity index is 1.92. The molecule has 2 aliphatic rings. The zero-order chi connectivity index (χ0) is 39.9. The van der Waals surface area contributed by atoms with Crippen LogP contribution in [0.1, 0.15) is 19.3 Å². The molecule has 0 bridgehead atoms. The Hall–Kier alpha value is -0.420. The van der Waals surface area contributed by atoms with E-state index in [1.54, 1.807) is 0 Å². The van der Waals surface area contributed by atoms with Gasteiger partial charge in [-0.1, -0.05) is 0 Å². The smallest absolute Gasteiger partial charge is 0.394 e. The van der Waals surface area contributed by atoms with Crippen LogP contribution in [0.15, 0.2) is 0 Å². The van der Waals surface area contributed by atoms with Gasteiger partial charge in [0.05, 0.1) is 46.2 Å². The second-order valence-electron chi connectivity index (χ2n) is 12.0. The van der Waals surface area contributed by atoms with Crippen LogP contribution < -0.4 is 5.73 Å². The van der Waals surface area contributed by atoms with Crippen LogP contribution in [0.2, 0.25) is 0 Å². The van der Waals surface area contributed by atoms with Crippen LogP contribution in [0, 0.1) is 0 Å². The van der Waals surface area contributed by atoms with Gasteiger partial charge in [-0.3, -0.25) is 18.1 Å². The van der Waals surface area contributed by atoms with E-state index < -0.39 is 141 Å². The van der Waals surface area contributed by atoms with Crippen molar-refractivity contribution in [2.24, 2.45) is 5.73 Å². The van der Waals surface area contributed by atoms with Crippen molar-refractivity contribution in [2.45, 2.75) is 105 Å². The summed E-state index contributed by atoms with van der Waals surface area (Å²) in [4.78, 5) is 20.5. The van der Waals surface area contributed by atoms with E-state index >= 15 is 0 Å². The first-order valence-corrected chi connectivity index (χ1v) is 19.5. The lowest BCUT2D eigenvalue weighted by Gasteiger charge is -2.27. The van der Waals surface area contributed by atoms with Crippen LogP contribution in [-0.2, 0) is 55.6 Å². The topological polar surface area (TPSA) is 375 Å². The van der Waals surface area contributed by atoms with Crippen LogP contribution in [0.5, 0.6) is 0 Å². The zero-order valence-corrected chi connectivity index (χ0v) is 30.9. The zero-order valence-electron chi connectivity index (χ0n) is 29.2. The van der Waals surface area contributed by atoms with Crippen LogP contribution in [0.4, 0.5) is 0 Å². The molecule has 0 aromatic rings. The van der Waals surface area contributed by atoms with Crippen LogP contribution in [0.3, 0.4) is 0 Å². The van der Waals surface area contributed by atoms with Gasteiger partial charge in [0.15, 0.2) is 12.6 Å². The molecule has 0 saturated carbocycles. The van der Waals surface area contributed by atoms with E-state index in [2.05, 4.69) is 0 Å². The van der Waals surface area contributed by atoms with Gasteiger partial charge in [-0.25, -0.2) is 9.13 Å². The minimum atomic E-state index is -5.15. The van der Waals surface area contributed by atoms with Gasteiger partial charge in [-0.05, 0) is 25.8 Å². The molecule has 2 aliphatic heterocycles. The number of phosphoric acid groups is 2. The third kappa shape index (κ3) is 15.1. The summed E-state index contributed by atoms with van der Waals surface area (Å²) in [5, 5.41) is 89.0. The molecule has 12 unspecified atom stereocenters. The maximum Gasteiger partial charge on any atom is 0.472 e. The minimum Gasteiger partial charge on any atom is -0.394 e. The molecule has 0 spiro atoms. The quantitative estimate of drug-likeness (QED) is 0.0259. The van der Waals surface area contributed by atoms with Crippen LogP contribution in [-0.4, -0.2) is 209 Å². The van der Waals surface area contributed by atoms with E-state index in [4.69, 9.17) is 57.4 Å². The molecule has 0 aromatic carbocycles. The molecular weight excluding hydrogens is 768 g/mol. The summed E-state index contributed by atoms with van der Waals surface area (Å²) in [6, 6.07) is 0. The van der Waals surface area contributed by atoms with E-state index in [1.807, 2.05) is 0 Å². The summed E-state index contributed by atoms with van der Waals surface area (Å²) in [5.74, 6) is 0. The Kier molecular flexibility index (Phi) is 21.8. The molecule has 26 heteroatoms. The fraction of sp³-hybridized carbons (Fsp3) is 1.00. The molecular formula is C27H55NO23P2. The number of hydrogen-bond acceptors (Lipinski definition) is 22. The Morgan fingerprint density at radius 1 is 0.623 bits per heavy atom. The normalized spacial score (nSPS) is 32.1. The van der Waals surface area contributed by atoms with Gasteiger partial charge >= 0.3 is 15.6 Å². The maximum absolute atomic E-state index is 12.8. The molecule has 2 heterocycles. The van der Waals surface area contributed by atoms with Gasteiger partial charge in [0, 0.05) is 14.2 Å². The molecule has 16 atom stereocenters. The number of nitrogens with two attached hydrogens (primary N) is 1. The van der Waals surface area contributed by atoms with Gasteiger partial charge in [-0.15, -0.1) is 0 Å². The highest BCUT2D eigenvalue weighted by Gasteiger charge is 2.51. The number of methoxy groups -OCH3 is 2. The van der Waals surface area contributed by atoms with Crippen molar-refractivity contribution in [1.82, 2.24) is 0 Å². The number of phosphoric ester groups is 2. The monoisotopic (exact) mass is 823 g/mol. The molecule has 2 rings (SSSR count). The van der Waals surface area contributed by atoms with Crippen molar-refractivity contribution in [3.8, 4) is 0 Å². The van der Waals surface area contributed by atoms with Crippen LogP contribution in [0.25, 0.3) is 0 Å². The molecule has 316 valence electrons. The SMILES string of the molecule is COC1C(OP(=O)(O)OCCCCCN)[C@@H](CO)O[C@H]1OCC(O)C(O)C(O)COP(=O)(O)OC1C(OC)[C@H](OCC(O)C(O)C(O)CO)O[C@@H]1CO. The molecule has 0 radical (unpaired) electrons. The Bertz CT molecular complexity index is 1120. The van der Waals surface area contributed by atoms with E-state index in [1.165, 1.54) is 7.11 Å². The standard InChI is InChI=1S/C27H55NO23P2/c1-42-24-22(50-52(38,39)46-7-5-3-4-6-28)18(9-30)48-26(24)45-12-16(34)21(37)17(35)13-47-53(40,41)51-23-19(10-31)49-27(25(23)43-2)44-11-15(33)20(36)14(32)8-29/h14-27,29-37H,3-13,28H2,1-2H3,(H,38,39)(H,40,41)/t14?,15?,16?,17?,18-,19-,20?,21?,22?,23?,24?,25?,26-,27-/m1/s1. The lowest BCUT2D eigenvalue weighted by Crippen LogP contribution is -2.44. The Morgan fingerprint density at radius 2 is 1.06 bits per heavy atom. The number of hydrogen-bond donors (Lipinski definition) is 12. The maximum atomic E-state index is 12.8. The fourth-order valence-electron chi connectivity index (χ4n) is 5.14. The van der Waals surface area contributed by atoms with Gasteiger partial charge in [0.25, 0.3) is 0 Å². The van der Waals surface area contributed by atoms with Gasteiger partial charge in [0.1, 0.15) is 73.2 Å². The van der Waals surface area contributed by atoms with Crippen molar-refractivity contribution in [3.05, 3.63) is 0 Å². The van der Waals surface area contributed by atoms with Crippen molar-refractivity contribution >= 4 is 15.6 Å². The van der Waals surface area contributed by atoms with Crippen molar-refractivity contribution in [2.75, 3.05) is 67.0 Å². The number of unbranched alkanes of at least 4 members (excludes halogenated alkanes) is 2. The fourth-order valence-corrected chi connectivity index (χ4v) is 7.09. The summed E-state index contributed by atoms with van der Waals surface area (Å²) in [6.45, 7) is -4.58. The van der Waals surface area contributed by atoms with Gasteiger partial charge < -0.3 is 89.9 Å². The molecule has 13 N–H and O–H groups in total. The molecule has 2 fully saturated rings. The molecule has 0 aliphatic carbocycles. The third-order valence-corrected chi connectivity index (χ3v) is 10.1. The predicted octanol–water partition coefficient (Wildman–Crippen LogP) is -5.22. The van der Waals surface area contributed by atoms with E-state index in [0.29, 0.717) is 25.8 Å². The van der Waals surface area contributed by atoms with Crippen molar-refractivity contribution in [1.29, 1.82) is 0 Å². The molecule has 0 aromatic heterocycles. The second kappa shape index (κ2) is 23.7. The van der Waals surface area contributed by atoms with Crippen molar-refractivity contribution in [3.63, 3.8) is 0 Å². The summed E-state index contributed by atoms with van der Waals surface area (Å²) < 4.78 is 77.4. The summed E-state index contributed by atoms with van der Waals surface area (Å²) in [6.07, 6.45) is -20.4. The third-order valence-electron chi connectivity index (χ3n) is 8.09. The average molecular weight is 824 g/mol. The van der Waals surface area contributed by atoms with Gasteiger partial charge in [-0.2, -0.15) is 0 Å². The van der Waals surface area contributed by atoms with Crippen LogP contribution >= 0.6 is 15.6 Å². The Morgan fingerprint density at radius 3 is 1.47 bits per heavy atom. The minimum absolute atomic E-state index is 0.115. The first-order valence-electron chi connectivity index (χ1n) is 16.5. The molecule has 0 amide bonds. The lowest BCUT2D eigenvalue weighted by molar-refractivity contribution is -0.198.